The van der Waals surface area contributed by atoms with E-state index in [4.69, 9.17) is 9.15 Å². The van der Waals surface area contributed by atoms with Crippen LogP contribution in [0.5, 0.6) is 5.75 Å². The van der Waals surface area contributed by atoms with Gasteiger partial charge in [0.15, 0.2) is 5.43 Å². The van der Waals surface area contributed by atoms with Gasteiger partial charge in [0, 0.05) is 23.2 Å². The van der Waals surface area contributed by atoms with Crippen molar-refractivity contribution in [1.29, 1.82) is 0 Å². The summed E-state index contributed by atoms with van der Waals surface area (Å²) in [6.07, 6.45) is 0.534. The predicted octanol–water partition coefficient (Wildman–Crippen LogP) is 5.26. The molecule has 1 aromatic heterocycles. The summed E-state index contributed by atoms with van der Waals surface area (Å²) in [5.74, 6) is 0.344. The van der Waals surface area contributed by atoms with Crippen molar-refractivity contribution in [3.63, 3.8) is 0 Å². The lowest BCUT2D eigenvalue weighted by Crippen LogP contribution is -2.31. The van der Waals surface area contributed by atoms with E-state index < -0.39 is 16.9 Å². The Labute approximate surface area is 208 Å². The van der Waals surface area contributed by atoms with Crippen molar-refractivity contribution in [2.24, 2.45) is 0 Å². The molecule has 3 aromatic carbocycles. The number of carbonyl (C=O) groups excluding carboxylic acids is 1. The van der Waals surface area contributed by atoms with E-state index in [-0.39, 0.29) is 22.4 Å². The minimum atomic E-state index is -0.726. The number of hydrogen-bond acceptors (Lipinski definition) is 6. The van der Waals surface area contributed by atoms with Crippen LogP contribution >= 0.6 is 15.9 Å². The summed E-state index contributed by atoms with van der Waals surface area (Å²) in [5.41, 5.74) is 1.78. The number of methoxy groups -OCH3 is 1. The van der Waals surface area contributed by atoms with Crippen molar-refractivity contribution in [2.75, 3.05) is 13.7 Å². The fourth-order valence-corrected chi connectivity index (χ4v) is 4.75. The average molecular weight is 535 g/mol. The molecule has 4 aromatic rings. The van der Waals surface area contributed by atoms with Gasteiger partial charge in [-0.3, -0.25) is 19.7 Å². The van der Waals surface area contributed by atoms with E-state index in [9.17, 15) is 19.7 Å². The molecule has 0 fully saturated rings. The fourth-order valence-electron chi connectivity index (χ4n) is 4.39. The van der Waals surface area contributed by atoms with Crippen molar-refractivity contribution in [1.82, 2.24) is 4.90 Å². The summed E-state index contributed by atoms with van der Waals surface area (Å²) in [6.45, 7) is 0.316. The Morgan fingerprint density at radius 3 is 2.43 bits per heavy atom. The average Bonchev–Trinajstić information content (AvgIpc) is 3.15. The first-order chi connectivity index (χ1) is 16.9. The van der Waals surface area contributed by atoms with Crippen LogP contribution < -0.4 is 10.2 Å². The van der Waals surface area contributed by atoms with E-state index in [0.29, 0.717) is 34.0 Å². The molecule has 1 aliphatic rings. The topological polar surface area (TPSA) is 103 Å². The molecule has 0 radical (unpaired) electrons. The van der Waals surface area contributed by atoms with Crippen molar-refractivity contribution < 1.29 is 18.9 Å². The summed E-state index contributed by atoms with van der Waals surface area (Å²) in [4.78, 5) is 39.3. The Morgan fingerprint density at radius 2 is 1.77 bits per heavy atom. The third-order valence-corrected chi connectivity index (χ3v) is 6.64. The zero-order valence-electron chi connectivity index (χ0n) is 18.6. The fraction of sp³-hybridized carbons (Fsp3) is 0.154. The molecule has 0 aliphatic carbocycles. The number of rotatable bonds is 6. The SMILES string of the molecule is COc1ccc(CCN2C(=O)c3oc4ccc(Br)cc4c(=O)c3C2c2ccc([N+](=O)[O-])cc2)cc1. The predicted molar refractivity (Wildman–Crippen MR) is 133 cm³/mol. The van der Waals surface area contributed by atoms with Crippen LogP contribution in [0.2, 0.25) is 0 Å². The Bertz CT molecular complexity index is 1510. The van der Waals surface area contributed by atoms with E-state index in [0.717, 1.165) is 11.3 Å². The highest BCUT2D eigenvalue weighted by atomic mass is 79.9. The van der Waals surface area contributed by atoms with Gasteiger partial charge in [0.1, 0.15) is 11.3 Å². The maximum absolute atomic E-state index is 13.6. The highest BCUT2D eigenvalue weighted by molar-refractivity contribution is 9.10. The van der Waals surface area contributed by atoms with Crippen LogP contribution in [0.1, 0.15) is 33.3 Å². The van der Waals surface area contributed by atoms with Gasteiger partial charge in [0.05, 0.1) is 29.0 Å². The molecule has 1 aliphatic heterocycles. The number of non-ortho nitro benzene ring substituents is 1. The molecule has 35 heavy (non-hydrogen) atoms. The molecular formula is C26H19BrN2O6. The smallest absolute Gasteiger partial charge is 0.290 e. The minimum Gasteiger partial charge on any atom is -0.497 e. The zero-order chi connectivity index (χ0) is 24.7. The van der Waals surface area contributed by atoms with Gasteiger partial charge in [-0.2, -0.15) is 0 Å². The monoisotopic (exact) mass is 534 g/mol. The number of halogens is 1. The van der Waals surface area contributed by atoms with Crippen LogP contribution in [0.4, 0.5) is 5.69 Å². The molecule has 1 atom stereocenters. The maximum atomic E-state index is 13.6. The second-order valence-electron chi connectivity index (χ2n) is 8.16. The van der Waals surface area contributed by atoms with Gasteiger partial charge in [-0.05, 0) is 60.0 Å². The highest BCUT2D eigenvalue weighted by Crippen LogP contribution is 2.39. The lowest BCUT2D eigenvalue weighted by Gasteiger charge is -2.25. The normalized spacial score (nSPS) is 14.9. The number of nitro benzene ring substituents is 1. The number of carbonyl (C=O) groups is 1. The molecule has 0 bridgehead atoms. The number of benzene rings is 3. The summed E-state index contributed by atoms with van der Waals surface area (Å²) in [6, 6.07) is 17.8. The van der Waals surface area contributed by atoms with Gasteiger partial charge in [0.2, 0.25) is 5.76 Å². The first kappa shape index (κ1) is 22.8. The Kier molecular flexibility index (Phi) is 5.86. The molecule has 5 rings (SSSR count). The van der Waals surface area contributed by atoms with Crippen LogP contribution in [0, 0.1) is 10.1 Å². The van der Waals surface area contributed by atoms with Crippen molar-refractivity contribution >= 4 is 38.5 Å². The summed E-state index contributed by atoms with van der Waals surface area (Å²) in [7, 11) is 1.59. The quantitative estimate of drug-likeness (QED) is 0.247. The molecule has 9 heteroatoms. The van der Waals surface area contributed by atoms with Crippen LogP contribution in [0.25, 0.3) is 11.0 Å². The molecule has 176 valence electrons. The summed E-state index contributed by atoms with van der Waals surface area (Å²) in [5, 5.41) is 11.5. The number of fused-ring (bicyclic) bond motifs is 2. The Morgan fingerprint density at radius 1 is 1.06 bits per heavy atom. The van der Waals surface area contributed by atoms with Crippen LogP contribution in [0.3, 0.4) is 0 Å². The molecule has 8 nitrogen and oxygen atoms in total. The van der Waals surface area contributed by atoms with E-state index in [1.165, 1.54) is 12.1 Å². The number of hydrogen-bond donors (Lipinski definition) is 0. The lowest BCUT2D eigenvalue weighted by atomic mass is 9.98. The molecular weight excluding hydrogens is 516 g/mol. The van der Waals surface area contributed by atoms with E-state index in [2.05, 4.69) is 15.9 Å². The van der Waals surface area contributed by atoms with E-state index in [1.54, 1.807) is 42.3 Å². The first-order valence-corrected chi connectivity index (χ1v) is 11.6. The molecule has 0 N–H and O–H groups in total. The van der Waals surface area contributed by atoms with Gasteiger partial charge >= 0.3 is 0 Å². The van der Waals surface area contributed by atoms with Crippen LogP contribution in [-0.2, 0) is 6.42 Å². The molecule has 2 heterocycles. The van der Waals surface area contributed by atoms with Gasteiger partial charge in [-0.15, -0.1) is 0 Å². The van der Waals surface area contributed by atoms with Gasteiger partial charge in [-0.25, -0.2) is 0 Å². The number of nitro groups is 1. The second-order valence-corrected chi connectivity index (χ2v) is 9.08. The number of amides is 1. The van der Waals surface area contributed by atoms with Crippen molar-refractivity contribution in [2.45, 2.75) is 12.5 Å². The molecule has 1 amide bonds. The minimum absolute atomic E-state index is 0.00269. The Hall–Kier alpha value is -3.98. The molecule has 1 unspecified atom stereocenters. The van der Waals surface area contributed by atoms with Gasteiger partial charge < -0.3 is 14.1 Å². The number of nitrogens with zero attached hydrogens (tertiary/aromatic N) is 2. The molecule has 0 spiro atoms. The third kappa shape index (κ3) is 4.08. The molecule has 0 saturated carbocycles. The van der Waals surface area contributed by atoms with Crippen molar-refractivity contribution in [3.05, 3.63) is 114 Å². The van der Waals surface area contributed by atoms with E-state index >= 15 is 0 Å². The first-order valence-electron chi connectivity index (χ1n) is 10.8. The van der Waals surface area contributed by atoms with E-state index in [1.807, 2.05) is 24.3 Å². The second kappa shape index (κ2) is 8.99. The van der Waals surface area contributed by atoms with Gasteiger partial charge in [0.25, 0.3) is 11.6 Å². The summed E-state index contributed by atoms with van der Waals surface area (Å²) >= 11 is 3.38. The Balaban J connectivity index is 1.60. The molecule has 0 saturated heterocycles. The number of ether oxygens (including phenoxy) is 1. The third-order valence-electron chi connectivity index (χ3n) is 6.15. The highest BCUT2D eigenvalue weighted by Gasteiger charge is 2.42. The zero-order valence-corrected chi connectivity index (χ0v) is 20.2. The summed E-state index contributed by atoms with van der Waals surface area (Å²) < 4.78 is 11.9. The lowest BCUT2D eigenvalue weighted by molar-refractivity contribution is -0.384. The maximum Gasteiger partial charge on any atom is 0.290 e. The van der Waals surface area contributed by atoms with Crippen molar-refractivity contribution in [3.8, 4) is 5.75 Å². The van der Waals surface area contributed by atoms with Gasteiger partial charge in [-0.1, -0.05) is 28.1 Å². The standard InChI is InChI=1S/C26H19BrN2O6/c1-34-19-9-2-15(3-10-19)12-13-28-23(16-4-7-18(8-5-16)29(32)33)22-24(30)20-14-17(27)6-11-21(20)35-25(22)26(28)31/h2-11,14,23H,12-13H2,1H3. The van der Waals surface area contributed by atoms with Crippen LogP contribution in [0.15, 0.2) is 80.4 Å². The van der Waals surface area contributed by atoms with Crippen LogP contribution in [-0.4, -0.2) is 29.4 Å². The largest absolute Gasteiger partial charge is 0.497 e.